The molecule has 2 fully saturated rings. The third-order valence-corrected chi connectivity index (χ3v) is 7.63. The van der Waals surface area contributed by atoms with Crippen LogP contribution in [0.1, 0.15) is 11.1 Å². The molecule has 3 aromatic carbocycles. The molecule has 5 rings (SSSR count). The van der Waals surface area contributed by atoms with Crippen molar-refractivity contribution in [3.8, 4) is 11.1 Å². The molecule has 3 aromatic rings. The van der Waals surface area contributed by atoms with Gasteiger partial charge >= 0.3 is 6.03 Å². The highest BCUT2D eigenvalue weighted by molar-refractivity contribution is 5.89. The number of rotatable bonds is 4. The van der Waals surface area contributed by atoms with Crippen LogP contribution in [0.4, 0.5) is 28.0 Å². The van der Waals surface area contributed by atoms with Crippen LogP contribution in [0.25, 0.3) is 11.1 Å². The fraction of sp³-hybridized carbons (Fsp3) is 0.321. The highest BCUT2D eigenvalue weighted by atomic mass is 19.2. The van der Waals surface area contributed by atoms with Gasteiger partial charge < -0.3 is 26.0 Å². The van der Waals surface area contributed by atoms with Crippen LogP contribution in [0.15, 0.2) is 54.6 Å². The molecule has 0 aliphatic carbocycles. The van der Waals surface area contributed by atoms with E-state index in [1.807, 2.05) is 7.05 Å². The van der Waals surface area contributed by atoms with Crippen molar-refractivity contribution in [3.63, 3.8) is 0 Å². The first-order valence-electron chi connectivity index (χ1n) is 12.3. The van der Waals surface area contributed by atoms with Crippen molar-refractivity contribution >= 4 is 11.7 Å². The number of aliphatic hydroxyl groups is 1. The normalized spacial score (nSPS) is 23.4. The first-order valence-corrected chi connectivity index (χ1v) is 12.3. The lowest BCUT2D eigenvalue weighted by Crippen LogP contribution is -2.65. The van der Waals surface area contributed by atoms with Gasteiger partial charge in [-0.1, -0.05) is 36.4 Å². The Morgan fingerprint density at radius 3 is 2.13 bits per heavy atom. The minimum atomic E-state index is -1.26. The summed E-state index contributed by atoms with van der Waals surface area (Å²) < 4.78 is 56.1. The Kier molecular flexibility index (Phi) is 6.89. The zero-order chi connectivity index (χ0) is 27.2. The maximum Gasteiger partial charge on any atom is 0.321 e. The van der Waals surface area contributed by atoms with Gasteiger partial charge in [0.05, 0.1) is 0 Å². The molecule has 4 N–H and O–H groups in total. The Morgan fingerprint density at radius 1 is 0.947 bits per heavy atom. The first-order chi connectivity index (χ1) is 18.1. The molecule has 2 saturated heterocycles. The van der Waals surface area contributed by atoms with Crippen LogP contribution in [0.5, 0.6) is 0 Å². The summed E-state index contributed by atoms with van der Waals surface area (Å²) in [6.45, 7) is 1.33. The van der Waals surface area contributed by atoms with Crippen molar-refractivity contribution in [2.45, 2.75) is 12.1 Å². The van der Waals surface area contributed by atoms with E-state index in [-0.39, 0.29) is 48.3 Å². The minimum Gasteiger partial charge on any atom is -0.384 e. The molecule has 3 atom stereocenters. The van der Waals surface area contributed by atoms with E-state index < -0.39 is 34.9 Å². The summed E-state index contributed by atoms with van der Waals surface area (Å²) in [6.07, 6.45) is 0. The van der Waals surface area contributed by atoms with Crippen molar-refractivity contribution in [1.29, 1.82) is 0 Å². The molecule has 0 saturated carbocycles. The van der Waals surface area contributed by atoms with Gasteiger partial charge in [0.25, 0.3) is 0 Å². The van der Waals surface area contributed by atoms with Gasteiger partial charge in [0, 0.05) is 67.4 Å². The molecule has 1 unspecified atom stereocenters. The Bertz CT molecular complexity index is 1330. The summed E-state index contributed by atoms with van der Waals surface area (Å²) >= 11 is 0. The van der Waals surface area contributed by atoms with E-state index in [0.29, 0.717) is 24.2 Å². The molecule has 0 aromatic heterocycles. The topological polar surface area (TPSA) is 81.8 Å². The molecular weight excluding hydrogens is 500 g/mol. The quantitative estimate of drug-likeness (QED) is 0.442. The molecule has 0 spiro atoms. The van der Waals surface area contributed by atoms with Crippen LogP contribution in [0.3, 0.4) is 0 Å². The van der Waals surface area contributed by atoms with Crippen molar-refractivity contribution in [3.05, 3.63) is 89.0 Å². The second kappa shape index (κ2) is 10.0. The van der Waals surface area contributed by atoms with Crippen molar-refractivity contribution in [2.24, 2.45) is 17.6 Å². The number of likely N-dealkylation sites (tertiary alicyclic amines) is 2. The Morgan fingerprint density at radius 2 is 1.55 bits per heavy atom. The lowest BCUT2D eigenvalue weighted by molar-refractivity contribution is -0.153. The zero-order valence-corrected chi connectivity index (χ0v) is 20.7. The number of anilines is 1. The molecule has 10 heteroatoms. The van der Waals surface area contributed by atoms with E-state index in [1.54, 1.807) is 29.2 Å². The molecule has 2 heterocycles. The molecule has 2 aliphatic heterocycles. The number of nitrogens with zero attached hydrogens (tertiary/aromatic N) is 2. The number of amides is 2. The van der Waals surface area contributed by atoms with E-state index in [9.17, 15) is 27.5 Å². The third kappa shape index (κ3) is 4.63. The van der Waals surface area contributed by atoms with Crippen LogP contribution in [0, 0.1) is 35.1 Å². The van der Waals surface area contributed by atoms with Gasteiger partial charge in [-0.3, -0.25) is 0 Å². The van der Waals surface area contributed by atoms with Crippen molar-refractivity contribution in [2.75, 3.05) is 38.5 Å². The highest BCUT2D eigenvalue weighted by Crippen LogP contribution is 2.45. The maximum absolute atomic E-state index is 14.6. The van der Waals surface area contributed by atoms with Gasteiger partial charge in [-0.05, 0) is 30.3 Å². The predicted molar refractivity (Wildman–Crippen MR) is 135 cm³/mol. The number of carbonyl (C=O) groups excluding carboxylic acids is 1. The van der Waals surface area contributed by atoms with Gasteiger partial charge in [-0.25, -0.2) is 22.4 Å². The maximum atomic E-state index is 14.6. The number of benzene rings is 3. The summed E-state index contributed by atoms with van der Waals surface area (Å²) in [6, 6.07) is 11.9. The molecular formula is C28H28F4N4O2. The summed E-state index contributed by atoms with van der Waals surface area (Å²) in [5.74, 6) is -4.27. The summed E-state index contributed by atoms with van der Waals surface area (Å²) in [4.78, 5) is 16.6. The van der Waals surface area contributed by atoms with E-state index in [0.717, 1.165) is 18.2 Å². The highest BCUT2D eigenvalue weighted by Gasteiger charge is 2.53. The number of halogens is 4. The number of hydrogen-bond donors (Lipinski definition) is 3. The smallest absolute Gasteiger partial charge is 0.321 e. The third-order valence-electron chi connectivity index (χ3n) is 7.63. The van der Waals surface area contributed by atoms with Gasteiger partial charge in [0.2, 0.25) is 0 Å². The van der Waals surface area contributed by atoms with Crippen LogP contribution in [-0.2, 0) is 12.1 Å². The zero-order valence-electron chi connectivity index (χ0n) is 20.7. The lowest BCUT2D eigenvalue weighted by Gasteiger charge is -2.55. The van der Waals surface area contributed by atoms with E-state index in [4.69, 9.17) is 5.73 Å². The van der Waals surface area contributed by atoms with Gasteiger partial charge in [-0.2, -0.15) is 0 Å². The Labute approximate surface area is 217 Å². The molecule has 200 valence electrons. The standard InChI is InChI=1S/C28H28F4N4O2/c1-35-12-19-14-36(27(37)34-23-9-21(29)8-22(30)10-23)15-20(13-35)28(19,38)18-5-2-16(3-6-18)24-7-4-17(11-33)25(31)26(24)32/h2-10,19-20,38H,11-15,33H2,1H3,(H,34,37)/t19-,20+,28?. The number of piperidine rings is 2. The van der Waals surface area contributed by atoms with Crippen LogP contribution in [0.2, 0.25) is 0 Å². The number of urea groups is 1. The van der Waals surface area contributed by atoms with Crippen LogP contribution >= 0.6 is 0 Å². The fourth-order valence-corrected chi connectivity index (χ4v) is 5.79. The molecule has 2 bridgehead atoms. The molecule has 0 radical (unpaired) electrons. The first kappa shape index (κ1) is 26.1. The lowest BCUT2D eigenvalue weighted by atomic mass is 9.66. The fourth-order valence-electron chi connectivity index (χ4n) is 5.79. The Balaban J connectivity index is 1.39. The second-order valence-corrected chi connectivity index (χ2v) is 10.1. The largest absolute Gasteiger partial charge is 0.384 e. The van der Waals surface area contributed by atoms with E-state index in [2.05, 4.69) is 10.2 Å². The van der Waals surface area contributed by atoms with Crippen molar-refractivity contribution in [1.82, 2.24) is 9.80 Å². The summed E-state index contributed by atoms with van der Waals surface area (Å²) in [5, 5.41) is 14.5. The molecule has 38 heavy (non-hydrogen) atoms. The van der Waals surface area contributed by atoms with E-state index >= 15 is 0 Å². The van der Waals surface area contributed by atoms with Crippen LogP contribution < -0.4 is 11.1 Å². The van der Waals surface area contributed by atoms with Crippen molar-refractivity contribution < 1.29 is 27.5 Å². The summed E-state index contributed by atoms with van der Waals surface area (Å²) in [5.41, 5.74) is 5.47. The second-order valence-electron chi connectivity index (χ2n) is 10.1. The number of carbonyl (C=O) groups is 1. The van der Waals surface area contributed by atoms with Gasteiger partial charge in [0.1, 0.15) is 17.2 Å². The minimum absolute atomic E-state index is 0.00867. The number of nitrogens with one attached hydrogen (secondary N) is 1. The monoisotopic (exact) mass is 528 g/mol. The van der Waals surface area contributed by atoms with Gasteiger partial charge in [0.15, 0.2) is 11.6 Å². The van der Waals surface area contributed by atoms with E-state index in [1.165, 1.54) is 12.1 Å². The molecule has 2 amide bonds. The van der Waals surface area contributed by atoms with Gasteiger partial charge in [-0.15, -0.1) is 0 Å². The average Bonchev–Trinajstić information content (AvgIpc) is 2.86. The summed E-state index contributed by atoms with van der Waals surface area (Å²) in [7, 11) is 1.94. The number of nitrogens with two attached hydrogens (primary N) is 1. The number of hydrogen-bond acceptors (Lipinski definition) is 4. The Hall–Kier alpha value is -3.47. The molecule has 6 nitrogen and oxygen atoms in total. The predicted octanol–water partition coefficient (Wildman–Crippen LogP) is 4.28. The SMILES string of the molecule is CN1C[C@@H]2CN(C(=O)Nc3cc(F)cc(F)c3)C[C@H](C1)C2(O)c1ccc(-c2ccc(CN)c(F)c2F)cc1. The average molecular weight is 529 g/mol. The molecule has 2 aliphatic rings. The van der Waals surface area contributed by atoms with Crippen LogP contribution in [-0.4, -0.2) is 54.2 Å². The number of fused-ring (bicyclic) bond motifs is 2.